The number of hydrogen-bond donors (Lipinski definition) is 1. The molecule has 1 heterocycles. The maximum Gasteiger partial charge on any atom is 0.269 e. The lowest BCUT2D eigenvalue weighted by molar-refractivity contribution is -0.384. The highest BCUT2D eigenvalue weighted by Gasteiger charge is 2.17. The van der Waals surface area contributed by atoms with Crippen molar-refractivity contribution in [2.24, 2.45) is 5.92 Å². The van der Waals surface area contributed by atoms with Gasteiger partial charge in [0, 0.05) is 36.5 Å². The van der Waals surface area contributed by atoms with E-state index in [-0.39, 0.29) is 17.6 Å². The molecule has 6 nitrogen and oxygen atoms in total. The fraction of sp³-hybridized carbons (Fsp3) is 0.381. The van der Waals surface area contributed by atoms with Gasteiger partial charge in [-0.2, -0.15) is 0 Å². The van der Waals surface area contributed by atoms with Gasteiger partial charge in [-0.05, 0) is 55.5 Å². The summed E-state index contributed by atoms with van der Waals surface area (Å²) < 4.78 is 0. The average molecular weight is 367 g/mol. The van der Waals surface area contributed by atoms with Crippen LogP contribution in [0.2, 0.25) is 0 Å². The molecular weight excluding hydrogens is 342 g/mol. The van der Waals surface area contributed by atoms with Gasteiger partial charge < -0.3 is 10.2 Å². The van der Waals surface area contributed by atoms with Crippen LogP contribution in [0.5, 0.6) is 0 Å². The van der Waals surface area contributed by atoms with Gasteiger partial charge in [-0.1, -0.05) is 19.1 Å². The van der Waals surface area contributed by atoms with Gasteiger partial charge in [-0.15, -0.1) is 0 Å². The number of nitro groups is 1. The van der Waals surface area contributed by atoms with Gasteiger partial charge in [0.1, 0.15) is 0 Å². The number of nitrogens with one attached hydrogen (secondary N) is 1. The third kappa shape index (κ3) is 4.64. The zero-order valence-electron chi connectivity index (χ0n) is 15.7. The van der Waals surface area contributed by atoms with Gasteiger partial charge in [0.2, 0.25) is 0 Å². The molecule has 0 aliphatic carbocycles. The molecule has 0 bridgehead atoms. The molecule has 1 amide bonds. The van der Waals surface area contributed by atoms with E-state index in [2.05, 4.69) is 41.4 Å². The zero-order valence-corrected chi connectivity index (χ0v) is 15.7. The summed E-state index contributed by atoms with van der Waals surface area (Å²) in [6.45, 7) is 6.40. The van der Waals surface area contributed by atoms with Crippen molar-refractivity contribution in [1.29, 1.82) is 0 Å². The SMILES string of the molecule is C[C@H]1CCCN(c2ccc([C@@H](C)NC(=O)c3ccc([N+](=O)[O-])cc3)cc2)C1. The Bertz CT molecular complexity index is 802. The molecule has 0 saturated carbocycles. The van der Waals surface area contributed by atoms with Crippen LogP contribution in [-0.2, 0) is 0 Å². The molecular formula is C21H25N3O3. The monoisotopic (exact) mass is 367 g/mol. The van der Waals surface area contributed by atoms with E-state index >= 15 is 0 Å². The van der Waals surface area contributed by atoms with Crippen molar-refractivity contribution in [3.05, 3.63) is 69.8 Å². The van der Waals surface area contributed by atoms with Gasteiger partial charge in [-0.3, -0.25) is 14.9 Å². The smallest absolute Gasteiger partial charge is 0.269 e. The first-order valence-corrected chi connectivity index (χ1v) is 9.34. The molecule has 142 valence electrons. The minimum atomic E-state index is -0.477. The predicted molar refractivity (Wildman–Crippen MR) is 106 cm³/mol. The van der Waals surface area contributed by atoms with Crippen LogP contribution >= 0.6 is 0 Å². The topological polar surface area (TPSA) is 75.5 Å². The highest BCUT2D eigenvalue weighted by Crippen LogP contribution is 2.24. The second kappa shape index (κ2) is 8.20. The Labute approximate surface area is 159 Å². The summed E-state index contributed by atoms with van der Waals surface area (Å²) in [5.41, 5.74) is 2.63. The number of carbonyl (C=O) groups is 1. The number of piperidine rings is 1. The fourth-order valence-electron chi connectivity index (χ4n) is 3.50. The first-order valence-electron chi connectivity index (χ1n) is 9.34. The van der Waals surface area contributed by atoms with Crippen molar-refractivity contribution in [3.63, 3.8) is 0 Å². The Morgan fingerprint density at radius 2 is 1.85 bits per heavy atom. The highest BCUT2D eigenvalue weighted by molar-refractivity contribution is 5.94. The Balaban J connectivity index is 1.62. The Kier molecular flexibility index (Phi) is 5.74. The number of benzene rings is 2. The van der Waals surface area contributed by atoms with Gasteiger partial charge >= 0.3 is 0 Å². The zero-order chi connectivity index (χ0) is 19.4. The molecule has 0 aromatic heterocycles. The first kappa shape index (κ1) is 18.9. The van der Waals surface area contributed by atoms with Crippen molar-refractivity contribution in [3.8, 4) is 0 Å². The molecule has 1 saturated heterocycles. The van der Waals surface area contributed by atoms with Gasteiger partial charge in [0.15, 0.2) is 0 Å². The van der Waals surface area contributed by atoms with Crippen LogP contribution in [-0.4, -0.2) is 23.9 Å². The van der Waals surface area contributed by atoms with Crippen LogP contribution < -0.4 is 10.2 Å². The molecule has 2 aromatic rings. The van der Waals surface area contributed by atoms with Crippen LogP contribution in [0.25, 0.3) is 0 Å². The Morgan fingerprint density at radius 3 is 2.44 bits per heavy atom. The maximum atomic E-state index is 12.4. The van der Waals surface area contributed by atoms with Crippen LogP contribution in [0.1, 0.15) is 48.7 Å². The number of non-ortho nitro benzene ring substituents is 1. The third-order valence-electron chi connectivity index (χ3n) is 5.10. The molecule has 2 aromatic carbocycles. The molecule has 0 radical (unpaired) electrons. The van der Waals surface area contributed by atoms with Crippen molar-refractivity contribution in [2.75, 3.05) is 18.0 Å². The predicted octanol–water partition coefficient (Wildman–Crippen LogP) is 4.32. The normalized spacial score (nSPS) is 18.0. The molecule has 0 unspecified atom stereocenters. The Morgan fingerprint density at radius 1 is 1.19 bits per heavy atom. The average Bonchev–Trinajstić information content (AvgIpc) is 2.68. The van der Waals surface area contributed by atoms with Gasteiger partial charge in [-0.25, -0.2) is 0 Å². The second-order valence-electron chi connectivity index (χ2n) is 7.28. The van der Waals surface area contributed by atoms with Crippen molar-refractivity contribution in [2.45, 2.75) is 32.7 Å². The molecule has 3 rings (SSSR count). The first-order chi connectivity index (χ1) is 12.9. The van der Waals surface area contributed by atoms with Crippen LogP contribution in [0.3, 0.4) is 0 Å². The number of rotatable bonds is 5. The molecule has 6 heteroatoms. The second-order valence-corrected chi connectivity index (χ2v) is 7.28. The van der Waals surface area contributed by atoms with Crippen molar-refractivity contribution in [1.82, 2.24) is 5.32 Å². The molecule has 0 spiro atoms. The Hall–Kier alpha value is -2.89. The van der Waals surface area contributed by atoms with E-state index < -0.39 is 4.92 Å². The summed E-state index contributed by atoms with van der Waals surface area (Å²) in [5.74, 6) is 0.477. The quantitative estimate of drug-likeness (QED) is 0.631. The summed E-state index contributed by atoms with van der Waals surface area (Å²) in [7, 11) is 0. The minimum Gasteiger partial charge on any atom is -0.371 e. The number of carbonyl (C=O) groups excluding carboxylic acids is 1. The van der Waals surface area contributed by atoms with Crippen molar-refractivity contribution < 1.29 is 9.72 Å². The molecule has 2 atom stereocenters. The van der Waals surface area contributed by atoms with E-state index in [1.807, 2.05) is 6.92 Å². The van der Waals surface area contributed by atoms with E-state index in [1.165, 1.54) is 42.8 Å². The molecule has 27 heavy (non-hydrogen) atoms. The van der Waals surface area contributed by atoms with Crippen LogP contribution in [0.4, 0.5) is 11.4 Å². The summed E-state index contributed by atoms with van der Waals surface area (Å²) in [5, 5.41) is 13.7. The molecule has 1 aliphatic heterocycles. The number of nitrogens with zero attached hydrogens (tertiary/aromatic N) is 2. The molecule has 1 fully saturated rings. The third-order valence-corrected chi connectivity index (χ3v) is 5.10. The number of hydrogen-bond acceptors (Lipinski definition) is 4. The number of nitro benzene ring substituents is 1. The maximum absolute atomic E-state index is 12.4. The van der Waals surface area contributed by atoms with Crippen molar-refractivity contribution >= 4 is 17.3 Å². The lowest BCUT2D eigenvalue weighted by Gasteiger charge is -2.33. The summed E-state index contributed by atoms with van der Waals surface area (Å²) in [4.78, 5) is 25.0. The lowest BCUT2D eigenvalue weighted by atomic mass is 9.99. The van der Waals surface area contributed by atoms with E-state index in [1.54, 1.807) is 0 Å². The van der Waals surface area contributed by atoms with Gasteiger partial charge in [0.05, 0.1) is 11.0 Å². The van der Waals surface area contributed by atoms with E-state index in [9.17, 15) is 14.9 Å². The minimum absolute atomic E-state index is 0.0257. The van der Waals surface area contributed by atoms with E-state index in [0.29, 0.717) is 5.56 Å². The summed E-state index contributed by atoms with van der Waals surface area (Å²) >= 11 is 0. The molecule has 1 aliphatic rings. The summed E-state index contributed by atoms with van der Waals surface area (Å²) in [6, 6.07) is 13.8. The largest absolute Gasteiger partial charge is 0.371 e. The highest BCUT2D eigenvalue weighted by atomic mass is 16.6. The fourth-order valence-corrected chi connectivity index (χ4v) is 3.50. The molecule has 1 N–H and O–H groups in total. The lowest BCUT2D eigenvalue weighted by Crippen LogP contribution is -2.34. The standard InChI is InChI=1S/C21H25N3O3/c1-15-4-3-13-23(14-15)19-9-5-17(6-10-19)16(2)22-21(25)18-7-11-20(12-8-18)24(26)27/h5-12,15-16H,3-4,13-14H2,1-2H3,(H,22,25)/t15-,16+/m0/s1. The number of amides is 1. The van der Waals surface area contributed by atoms with Gasteiger partial charge in [0.25, 0.3) is 11.6 Å². The number of anilines is 1. The van der Waals surface area contributed by atoms with E-state index in [4.69, 9.17) is 0 Å². The van der Waals surface area contributed by atoms with Crippen LogP contribution in [0.15, 0.2) is 48.5 Å². The summed E-state index contributed by atoms with van der Waals surface area (Å²) in [6.07, 6.45) is 2.52. The van der Waals surface area contributed by atoms with Crippen LogP contribution in [0, 0.1) is 16.0 Å². The van der Waals surface area contributed by atoms with E-state index in [0.717, 1.165) is 24.6 Å².